The lowest BCUT2D eigenvalue weighted by Crippen LogP contribution is -2.62. The van der Waals surface area contributed by atoms with Gasteiger partial charge in [0.2, 0.25) is 0 Å². The molecule has 0 unspecified atom stereocenters. The zero-order valence-corrected chi connectivity index (χ0v) is 53.0. The average molecular weight is 1080 g/mol. The maximum Gasteiger partial charge on any atom is 0.252 e. The minimum Gasteiger partial charge on any atom is -0.311 e. The van der Waals surface area contributed by atoms with Gasteiger partial charge < -0.3 is 14.7 Å². The van der Waals surface area contributed by atoms with Gasteiger partial charge in [0.05, 0.1) is 0 Å². The highest BCUT2D eigenvalue weighted by atomic mass is 15.2. The molecule has 2 heterocycles. The molecule has 8 aromatic carbocycles. The van der Waals surface area contributed by atoms with E-state index in [2.05, 4.69) is 286 Å². The lowest BCUT2D eigenvalue weighted by molar-refractivity contribution is 0.332. The highest BCUT2D eigenvalue weighted by Crippen LogP contribution is 2.55. The van der Waals surface area contributed by atoms with Gasteiger partial charge in [-0.2, -0.15) is 0 Å². The molecule has 0 saturated carbocycles. The fourth-order valence-electron chi connectivity index (χ4n) is 15.6. The van der Waals surface area contributed by atoms with E-state index in [1.54, 1.807) is 0 Å². The van der Waals surface area contributed by atoms with E-state index in [4.69, 9.17) is 0 Å². The summed E-state index contributed by atoms with van der Waals surface area (Å²) in [7, 11) is 0. The molecule has 0 fully saturated rings. The Bertz CT molecular complexity index is 3930. The molecule has 3 nitrogen and oxygen atoms in total. The Morgan fingerprint density at radius 2 is 0.878 bits per heavy atom. The number of anilines is 9. The van der Waals surface area contributed by atoms with Crippen LogP contribution in [-0.2, 0) is 37.9 Å². The van der Waals surface area contributed by atoms with Crippen molar-refractivity contribution >= 4 is 74.3 Å². The van der Waals surface area contributed by atoms with Crippen LogP contribution < -0.4 is 31.1 Å². The number of nitrogens with zero attached hydrogens (tertiary/aromatic N) is 3. The van der Waals surface area contributed by atoms with E-state index in [0.29, 0.717) is 0 Å². The highest BCUT2D eigenvalue weighted by Gasteiger charge is 2.48. The molecule has 418 valence electrons. The van der Waals surface area contributed by atoms with Gasteiger partial charge in [0.1, 0.15) is 0 Å². The minimum absolute atomic E-state index is 0.0182. The molecule has 0 atom stereocenters. The monoisotopic (exact) mass is 1080 g/mol. The zero-order chi connectivity index (χ0) is 58.3. The minimum atomic E-state index is -0.175. The number of hydrogen-bond donors (Lipinski definition) is 0. The molecule has 0 radical (unpaired) electrons. The van der Waals surface area contributed by atoms with E-state index >= 15 is 0 Å². The summed E-state index contributed by atoms with van der Waals surface area (Å²) in [5.41, 5.74) is 33.2. The molecule has 0 aromatic heterocycles. The number of aryl methyl sites for hydroxylation is 3. The first-order valence-electron chi connectivity index (χ1n) is 30.9. The fraction of sp³-hybridized carbons (Fsp3) is 0.385. The lowest BCUT2D eigenvalue weighted by Gasteiger charge is -2.48. The number of hydrogen-bond acceptors (Lipinski definition) is 3. The number of fused-ring (bicyclic) bond motifs is 9. The predicted molar refractivity (Wildman–Crippen MR) is 355 cm³/mol. The largest absolute Gasteiger partial charge is 0.311 e. The van der Waals surface area contributed by atoms with Crippen molar-refractivity contribution < 1.29 is 0 Å². The van der Waals surface area contributed by atoms with Gasteiger partial charge in [-0.05, 0) is 234 Å². The lowest BCUT2D eigenvalue weighted by atomic mass is 9.33. The van der Waals surface area contributed by atoms with Gasteiger partial charge in [-0.1, -0.05) is 184 Å². The second-order valence-corrected chi connectivity index (χ2v) is 31.0. The molecular weight excluding hydrogens is 990 g/mol. The SMILES string of the molecule is Cc1cc2c3c(c1)N(c1ccc4c(c1)C(C)(C)CCC4(C)C)c1cc4c(cc1B3c1ccc(N(c3ccc(C(C)(C)C)cc3C)c3ccc(C(C)(C)C)cc3C)cc1N2c1ccc2c(c1)C(C)(C)c1ccccc1-2)C(C)(C)CCC4(C)C. The third-order valence-electron chi connectivity index (χ3n) is 21.0. The van der Waals surface area contributed by atoms with Crippen LogP contribution in [0, 0.1) is 20.8 Å². The number of rotatable bonds is 5. The van der Waals surface area contributed by atoms with Gasteiger partial charge in [-0.15, -0.1) is 0 Å². The van der Waals surface area contributed by atoms with E-state index in [-0.39, 0.29) is 44.6 Å². The normalized spacial score (nSPS) is 18.2. The maximum absolute atomic E-state index is 2.71. The molecule has 0 bridgehead atoms. The molecule has 0 amide bonds. The summed E-state index contributed by atoms with van der Waals surface area (Å²) in [6.45, 7) is 45.6. The molecular formula is C78H88BN3. The smallest absolute Gasteiger partial charge is 0.252 e. The molecule has 0 N–H and O–H groups in total. The van der Waals surface area contributed by atoms with Crippen LogP contribution in [0.3, 0.4) is 0 Å². The Morgan fingerprint density at radius 3 is 1.43 bits per heavy atom. The van der Waals surface area contributed by atoms with Crippen LogP contribution in [-0.4, -0.2) is 6.71 Å². The Labute approximate surface area is 493 Å². The van der Waals surface area contributed by atoms with Crippen molar-refractivity contribution in [2.24, 2.45) is 0 Å². The summed E-state index contributed by atoms with van der Waals surface area (Å²) >= 11 is 0. The quantitative estimate of drug-likeness (QED) is 0.159. The molecule has 13 rings (SSSR count). The molecule has 3 aliphatic carbocycles. The van der Waals surface area contributed by atoms with Crippen LogP contribution in [0.4, 0.5) is 51.2 Å². The summed E-state index contributed by atoms with van der Waals surface area (Å²) in [5, 5.41) is 0. The number of benzene rings is 8. The Kier molecular flexibility index (Phi) is 11.9. The van der Waals surface area contributed by atoms with E-state index in [1.165, 1.54) is 147 Å². The first-order chi connectivity index (χ1) is 38.4. The third kappa shape index (κ3) is 8.25. The van der Waals surface area contributed by atoms with Crippen molar-refractivity contribution in [1.82, 2.24) is 0 Å². The average Bonchev–Trinajstić information content (AvgIpc) is 2.46. The topological polar surface area (TPSA) is 9.72 Å². The van der Waals surface area contributed by atoms with Crippen molar-refractivity contribution in [1.29, 1.82) is 0 Å². The Hall–Kier alpha value is -6.78. The fourth-order valence-corrected chi connectivity index (χ4v) is 15.6. The van der Waals surface area contributed by atoms with Crippen LogP contribution in [0.25, 0.3) is 11.1 Å². The standard InChI is InChI=1S/C78H88BN3/c1-47-38-69-71-70(39-47)82(53-27-30-58-60(43-53)75(12,13)35-34-74(58,10)11)68-46-62-61(76(14,15)36-37-77(62,16)17)45-64(68)79(71)63-31-28-54(44-67(63)81(69)52-26-29-56-55-22-20-21-23-57(55)78(18,19)59(56)42-52)80(65-32-24-50(40-48(65)2)72(4,5)6)66-33-25-51(41-49(66)3)73(7,8)9/h20-33,38-46H,34-37H2,1-19H3. The maximum atomic E-state index is 2.71. The summed E-state index contributed by atoms with van der Waals surface area (Å²) in [4.78, 5) is 7.96. The second kappa shape index (κ2) is 17.9. The zero-order valence-electron chi connectivity index (χ0n) is 53.0. The van der Waals surface area contributed by atoms with E-state index in [9.17, 15) is 0 Å². The highest BCUT2D eigenvalue weighted by molar-refractivity contribution is 7.00. The molecule has 4 heteroatoms. The van der Waals surface area contributed by atoms with Crippen molar-refractivity contribution in [2.75, 3.05) is 14.7 Å². The van der Waals surface area contributed by atoms with Gasteiger partial charge in [0.15, 0.2) is 0 Å². The summed E-state index contributed by atoms with van der Waals surface area (Å²) in [6.07, 6.45) is 4.68. The van der Waals surface area contributed by atoms with Crippen molar-refractivity contribution in [3.05, 3.63) is 201 Å². The second-order valence-electron chi connectivity index (χ2n) is 31.0. The molecule has 0 saturated heterocycles. The van der Waals surface area contributed by atoms with Gasteiger partial charge in [-0.25, -0.2) is 0 Å². The predicted octanol–water partition coefficient (Wildman–Crippen LogP) is 19.8. The van der Waals surface area contributed by atoms with Crippen molar-refractivity contribution in [3.63, 3.8) is 0 Å². The molecule has 0 spiro atoms. The van der Waals surface area contributed by atoms with E-state index < -0.39 is 0 Å². The molecule has 5 aliphatic rings. The van der Waals surface area contributed by atoms with E-state index in [0.717, 1.165) is 18.5 Å². The van der Waals surface area contributed by atoms with Gasteiger partial charge in [0.25, 0.3) is 6.71 Å². The van der Waals surface area contributed by atoms with Crippen LogP contribution >= 0.6 is 0 Å². The first-order valence-corrected chi connectivity index (χ1v) is 30.9. The van der Waals surface area contributed by atoms with E-state index in [1.807, 2.05) is 0 Å². The van der Waals surface area contributed by atoms with Crippen molar-refractivity contribution in [3.8, 4) is 11.1 Å². The first kappa shape index (κ1) is 54.5. The van der Waals surface area contributed by atoms with Gasteiger partial charge in [-0.3, -0.25) is 0 Å². The van der Waals surface area contributed by atoms with Crippen LogP contribution in [0.15, 0.2) is 140 Å². The molecule has 82 heavy (non-hydrogen) atoms. The summed E-state index contributed by atoms with van der Waals surface area (Å²) in [5.74, 6) is 0. The summed E-state index contributed by atoms with van der Waals surface area (Å²) in [6, 6.07) is 56.4. The Morgan fingerprint density at radius 1 is 0.402 bits per heavy atom. The van der Waals surface area contributed by atoms with Gasteiger partial charge in [0, 0.05) is 56.6 Å². The third-order valence-corrected chi connectivity index (χ3v) is 21.0. The van der Waals surface area contributed by atoms with Crippen molar-refractivity contribution in [2.45, 2.75) is 195 Å². The van der Waals surface area contributed by atoms with Crippen LogP contribution in [0.5, 0.6) is 0 Å². The summed E-state index contributed by atoms with van der Waals surface area (Å²) < 4.78 is 0. The van der Waals surface area contributed by atoms with Crippen LogP contribution in [0.2, 0.25) is 0 Å². The molecule has 2 aliphatic heterocycles. The van der Waals surface area contributed by atoms with Gasteiger partial charge >= 0.3 is 0 Å². The van der Waals surface area contributed by atoms with Crippen LogP contribution in [0.1, 0.15) is 198 Å². The Balaban J connectivity index is 1.12. The molecule has 8 aromatic rings.